The predicted molar refractivity (Wildman–Crippen MR) is 71.0 cm³/mol. The van der Waals surface area contributed by atoms with Crippen molar-refractivity contribution in [2.24, 2.45) is 5.92 Å². The molecule has 20 heavy (non-hydrogen) atoms. The van der Waals surface area contributed by atoms with Gasteiger partial charge in [0.05, 0.1) is 18.8 Å². The molecule has 5 heteroatoms. The van der Waals surface area contributed by atoms with Crippen LogP contribution in [0.5, 0.6) is 0 Å². The first-order valence-electron chi connectivity index (χ1n) is 6.84. The summed E-state index contributed by atoms with van der Waals surface area (Å²) in [6.07, 6.45) is 1.68. The summed E-state index contributed by atoms with van der Waals surface area (Å²) >= 11 is 0. The third-order valence-electron chi connectivity index (χ3n) is 3.95. The van der Waals surface area contributed by atoms with Gasteiger partial charge < -0.3 is 9.64 Å². The molecule has 0 aliphatic carbocycles. The number of nitrogens with zero attached hydrogens (tertiary/aromatic N) is 1. The molecule has 0 spiro atoms. The van der Waals surface area contributed by atoms with E-state index in [1.807, 2.05) is 0 Å². The molecular formula is C15H16FNO3. The quantitative estimate of drug-likeness (QED) is 0.845. The Morgan fingerprint density at radius 2 is 2.25 bits per heavy atom. The molecule has 106 valence electrons. The summed E-state index contributed by atoms with van der Waals surface area (Å²) in [6.45, 7) is 1.04. The number of aryl methyl sites for hydroxylation is 1. The Labute approximate surface area is 116 Å². The zero-order chi connectivity index (χ0) is 14.1. The summed E-state index contributed by atoms with van der Waals surface area (Å²) in [4.78, 5) is 25.6. The van der Waals surface area contributed by atoms with Crippen molar-refractivity contribution in [1.29, 1.82) is 0 Å². The first-order valence-corrected chi connectivity index (χ1v) is 6.84. The summed E-state index contributed by atoms with van der Waals surface area (Å²) in [5.74, 6) is -0.648. The van der Waals surface area contributed by atoms with Crippen LogP contribution in [-0.2, 0) is 20.7 Å². The average molecular weight is 277 g/mol. The van der Waals surface area contributed by atoms with Gasteiger partial charge in [-0.2, -0.15) is 0 Å². The number of carbonyl (C=O) groups is 2. The second-order valence-electron chi connectivity index (χ2n) is 5.28. The van der Waals surface area contributed by atoms with Crippen LogP contribution in [0, 0.1) is 11.7 Å². The lowest BCUT2D eigenvalue weighted by molar-refractivity contribution is -0.125. The van der Waals surface area contributed by atoms with E-state index in [1.54, 1.807) is 6.07 Å². The maximum absolute atomic E-state index is 13.4. The van der Waals surface area contributed by atoms with E-state index >= 15 is 0 Å². The number of fused-ring (bicyclic) bond motifs is 1. The Balaban J connectivity index is 1.83. The summed E-state index contributed by atoms with van der Waals surface area (Å²) in [5.41, 5.74) is 1.45. The molecule has 1 saturated heterocycles. The SMILES string of the molecule is O=C(CN1C(=O)CCc2ccc(F)cc21)C1CCOC1. The Morgan fingerprint density at radius 3 is 3.00 bits per heavy atom. The fourth-order valence-electron chi connectivity index (χ4n) is 2.76. The van der Waals surface area contributed by atoms with Crippen molar-refractivity contribution in [3.05, 3.63) is 29.6 Å². The fourth-order valence-corrected chi connectivity index (χ4v) is 2.76. The number of hydrogen-bond acceptors (Lipinski definition) is 3. The van der Waals surface area contributed by atoms with Crippen molar-refractivity contribution in [2.75, 3.05) is 24.7 Å². The molecule has 1 fully saturated rings. The Kier molecular flexibility index (Phi) is 3.53. The molecule has 2 aliphatic rings. The highest BCUT2D eigenvalue weighted by atomic mass is 19.1. The summed E-state index contributed by atoms with van der Waals surface area (Å²) in [6, 6.07) is 4.41. The summed E-state index contributed by atoms with van der Waals surface area (Å²) < 4.78 is 18.6. The van der Waals surface area contributed by atoms with Crippen LogP contribution in [-0.4, -0.2) is 31.4 Å². The van der Waals surface area contributed by atoms with Gasteiger partial charge in [0.2, 0.25) is 5.91 Å². The number of benzene rings is 1. The molecular weight excluding hydrogens is 261 g/mol. The van der Waals surface area contributed by atoms with E-state index in [2.05, 4.69) is 0 Å². The molecule has 2 aliphatic heterocycles. The van der Waals surface area contributed by atoms with E-state index < -0.39 is 0 Å². The van der Waals surface area contributed by atoms with Crippen molar-refractivity contribution >= 4 is 17.4 Å². The topological polar surface area (TPSA) is 46.6 Å². The third-order valence-corrected chi connectivity index (χ3v) is 3.95. The van der Waals surface area contributed by atoms with E-state index in [9.17, 15) is 14.0 Å². The minimum atomic E-state index is -0.389. The monoisotopic (exact) mass is 277 g/mol. The van der Waals surface area contributed by atoms with Crippen LogP contribution < -0.4 is 4.90 Å². The molecule has 3 rings (SSSR count). The van der Waals surface area contributed by atoms with Gasteiger partial charge in [0.1, 0.15) is 5.82 Å². The van der Waals surface area contributed by atoms with Crippen molar-refractivity contribution in [1.82, 2.24) is 0 Å². The maximum Gasteiger partial charge on any atom is 0.227 e. The number of ether oxygens (including phenoxy) is 1. The van der Waals surface area contributed by atoms with Gasteiger partial charge in [-0.1, -0.05) is 6.07 Å². The normalized spacial score (nSPS) is 21.9. The standard InChI is InChI=1S/C15H16FNO3/c16-12-3-1-10-2-4-15(19)17(13(10)7-12)8-14(18)11-5-6-20-9-11/h1,3,7,11H,2,4-6,8-9H2. The minimum absolute atomic E-state index is 0.00652. The number of Topliss-reactive ketones (excluding diaryl/α,β-unsaturated/α-hetero) is 1. The smallest absolute Gasteiger partial charge is 0.227 e. The number of halogens is 1. The first-order chi connectivity index (χ1) is 9.65. The van der Waals surface area contributed by atoms with E-state index in [-0.39, 0.29) is 30.0 Å². The predicted octanol–water partition coefficient (Wildman–Crippen LogP) is 1.71. The fraction of sp³-hybridized carbons (Fsp3) is 0.467. The number of carbonyl (C=O) groups excluding carboxylic acids is 2. The van der Waals surface area contributed by atoms with E-state index in [0.29, 0.717) is 38.2 Å². The van der Waals surface area contributed by atoms with Crippen molar-refractivity contribution in [3.8, 4) is 0 Å². The van der Waals surface area contributed by atoms with Crippen LogP contribution in [0.3, 0.4) is 0 Å². The molecule has 1 amide bonds. The molecule has 1 aromatic rings. The first kappa shape index (κ1) is 13.2. The van der Waals surface area contributed by atoms with Crippen molar-refractivity contribution < 1.29 is 18.7 Å². The lowest BCUT2D eigenvalue weighted by Gasteiger charge is -2.29. The highest BCUT2D eigenvalue weighted by Gasteiger charge is 2.30. The molecule has 4 nitrogen and oxygen atoms in total. The zero-order valence-electron chi connectivity index (χ0n) is 11.1. The molecule has 0 bridgehead atoms. The number of rotatable bonds is 3. The highest BCUT2D eigenvalue weighted by Crippen LogP contribution is 2.29. The van der Waals surface area contributed by atoms with Gasteiger partial charge in [-0.05, 0) is 30.5 Å². The minimum Gasteiger partial charge on any atom is -0.381 e. The second kappa shape index (κ2) is 5.32. The van der Waals surface area contributed by atoms with Gasteiger partial charge in [-0.3, -0.25) is 9.59 Å². The molecule has 0 radical (unpaired) electrons. The number of amides is 1. The van der Waals surface area contributed by atoms with Crippen LogP contribution >= 0.6 is 0 Å². The van der Waals surface area contributed by atoms with E-state index in [1.165, 1.54) is 17.0 Å². The number of anilines is 1. The van der Waals surface area contributed by atoms with Crippen molar-refractivity contribution in [2.45, 2.75) is 19.3 Å². The molecule has 0 saturated carbocycles. The van der Waals surface area contributed by atoms with Gasteiger partial charge in [-0.25, -0.2) is 4.39 Å². The molecule has 0 N–H and O–H groups in total. The van der Waals surface area contributed by atoms with Crippen molar-refractivity contribution in [3.63, 3.8) is 0 Å². The van der Waals surface area contributed by atoms with Crippen LogP contribution in [0.15, 0.2) is 18.2 Å². The van der Waals surface area contributed by atoms with Gasteiger partial charge >= 0.3 is 0 Å². The van der Waals surface area contributed by atoms with Gasteiger partial charge in [-0.15, -0.1) is 0 Å². The highest BCUT2D eigenvalue weighted by molar-refractivity contribution is 6.01. The van der Waals surface area contributed by atoms with Gasteiger partial charge in [0, 0.05) is 18.9 Å². The Morgan fingerprint density at radius 1 is 1.40 bits per heavy atom. The molecule has 1 unspecified atom stereocenters. The molecule has 2 heterocycles. The van der Waals surface area contributed by atoms with Gasteiger partial charge in [0.15, 0.2) is 5.78 Å². The Bertz CT molecular complexity index is 552. The maximum atomic E-state index is 13.4. The third kappa shape index (κ3) is 2.45. The van der Waals surface area contributed by atoms with E-state index in [4.69, 9.17) is 4.74 Å². The van der Waals surface area contributed by atoms with Crippen LogP contribution in [0.2, 0.25) is 0 Å². The molecule has 1 aromatic carbocycles. The summed E-state index contributed by atoms with van der Waals surface area (Å²) in [7, 11) is 0. The second-order valence-corrected chi connectivity index (χ2v) is 5.28. The lowest BCUT2D eigenvalue weighted by Crippen LogP contribution is -2.41. The van der Waals surface area contributed by atoms with Crippen LogP contribution in [0.25, 0.3) is 0 Å². The Hall–Kier alpha value is -1.75. The average Bonchev–Trinajstić information content (AvgIpc) is 2.96. The lowest BCUT2D eigenvalue weighted by atomic mass is 9.98. The molecule has 1 atom stereocenters. The zero-order valence-corrected chi connectivity index (χ0v) is 11.1. The van der Waals surface area contributed by atoms with E-state index in [0.717, 1.165) is 5.56 Å². The van der Waals surface area contributed by atoms with Crippen LogP contribution in [0.4, 0.5) is 10.1 Å². The number of hydrogen-bond donors (Lipinski definition) is 0. The largest absolute Gasteiger partial charge is 0.381 e. The number of ketones is 1. The molecule has 0 aromatic heterocycles. The summed E-state index contributed by atoms with van der Waals surface area (Å²) in [5, 5.41) is 0. The van der Waals surface area contributed by atoms with Gasteiger partial charge in [0.25, 0.3) is 0 Å². The van der Waals surface area contributed by atoms with Crippen LogP contribution in [0.1, 0.15) is 18.4 Å².